The van der Waals surface area contributed by atoms with Gasteiger partial charge in [0.05, 0.1) is 38.4 Å². The zero-order chi connectivity index (χ0) is 19.6. The Labute approximate surface area is 164 Å². The van der Waals surface area contributed by atoms with Crippen LogP contribution in [0.3, 0.4) is 0 Å². The molecule has 0 radical (unpaired) electrons. The van der Waals surface area contributed by atoms with Gasteiger partial charge in [-0.15, -0.1) is 0 Å². The lowest BCUT2D eigenvalue weighted by molar-refractivity contribution is -0.385. The van der Waals surface area contributed by atoms with Gasteiger partial charge in [0.2, 0.25) is 0 Å². The fourth-order valence-electron chi connectivity index (χ4n) is 2.81. The summed E-state index contributed by atoms with van der Waals surface area (Å²) < 4.78 is 15.7. The van der Waals surface area contributed by atoms with Crippen molar-refractivity contribution in [2.45, 2.75) is 6.42 Å². The second kappa shape index (κ2) is 10.9. The average Bonchev–Trinajstić information content (AvgIpc) is 2.68. The summed E-state index contributed by atoms with van der Waals surface area (Å²) in [5, 5.41) is 18.1. The van der Waals surface area contributed by atoms with Crippen LogP contribution >= 0.6 is 12.2 Å². The van der Waals surface area contributed by atoms with Gasteiger partial charge in [0.1, 0.15) is 0 Å². The van der Waals surface area contributed by atoms with Gasteiger partial charge in [0.15, 0.2) is 16.6 Å². The van der Waals surface area contributed by atoms with Crippen LogP contribution < -0.4 is 20.1 Å². The fourth-order valence-corrected chi connectivity index (χ4v) is 3.01. The molecule has 1 aliphatic heterocycles. The quantitative estimate of drug-likeness (QED) is 0.358. The molecule has 1 aromatic rings. The number of benzene rings is 1. The van der Waals surface area contributed by atoms with Crippen molar-refractivity contribution in [3.05, 3.63) is 27.8 Å². The molecule has 150 valence electrons. The van der Waals surface area contributed by atoms with Crippen LogP contribution in [0.15, 0.2) is 12.1 Å². The number of nitrogens with one attached hydrogen (secondary N) is 2. The molecule has 0 amide bonds. The van der Waals surface area contributed by atoms with Crippen LogP contribution in [0, 0.1) is 10.1 Å². The molecule has 10 heteroatoms. The van der Waals surface area contributed by atoms with Gasteiger partial charge in [-0.1, -0.05) is 0 Å². The van der Waals surface area contributed by atoms with Gasteiger partial charge >= 0.3 is 0 Å². The molecule has 2 N–H and O–H groups in total. The normalized spacial score (nSPS) is 14.4. The third kappa shape index (κ3) is 6.49. The largest absolute Gasteiger partial charge is 0.493 e. The molecule has 1 fully saturated rings. The molecule has 1 aromatic carbocycles. The smallest absolute Gasteiger partial charge is 0.276 e. The van der Waals surface area contributed by atoms with Crippen LogP contribution in [0.2, 0.25) is 0 Å². The van der Waals surface area contributed by atoms with Crippen molar-refractivity contribution in [3.63, 3.8) is 0 Å². The number of hydrogen-bond donors (Lipinski definition) is 2. The summed E-state index contributed by atoms with van der Waals surface area (Å²) in [4.78, 5) is 13.2. The van der Waals surface area contributed by atoms with E-state index in [1.54, 1.807) is 6.07 Å². The summed E-state index contributed by atoms with van der Waals surface area (Å²) >= 11 is 5.26. The molecular formula is C17H26N4O5S. The van der Waals surface area contributed by atoms with Crippen LogP contribution in [0.25, 0.3) is 0 Å². The summed E-state index contributed by atoms with van der Waals surface area (Å²) in [6.07, 6.45) is 0.432. The number of morpholine rings is 1. The van der Waals surface area contributed by atoms with Crippen molar-refractivity contribution >= 4 is 23.0 Å². The number of nitrogens with zero attached hydrogens (tertiary/aromatic N) is 2. The monoisotopic (exact) mass is 398 g/mol. The van der Waals surface area contributed by atoms with E-state index in [9.17, 15) is 10.1 Å². The molecule has 1 aliphatic rings. The van der Waals surface area contributed by atoms with E-state index in [2.05, 4.69) is 15.5 Å². The van der Waals surface area contributed by atoms with Gasteiger partial charge in [-0.25, -0.2) is 0 Å². The van der Waals surface area contributed by atoms with Crippen molar-refractivity contribution in [1.29, 1.82) is 0 Å². The summed E-state index contributed by atoms with van der Waals surface area (Å²) in [5.74, 6) is 0.797. The van der Waals surface area contributed by atoms with E-state index in [4.69, 9.17) is 26.4 Å². The van der Waals surface area contributed by atoms with Gasteiger partial charge < -0.3 is 24.8 Å². The number of nitro benzene ring substituents is 1. The zero-order valence-electron chi connectivity index (χ0n) is 15.7. The summed E-state index contributed by atoms with van der Waals surface area (Å²) in [7, 11) is 2.95. The number of methoxy groups -OCH3 is 2. The minimum atomic E-state index is -0.420. The maximum atomic E-state index is 11.3. The molecule has 0 saturated carbocycles. The number of rotatable bonds is 9. The van der Waals surface area contributed by atoms with Gasteiger partial charge in [0, 0.05) is 38.3 Å². The van der Waals surface area contributed by atoms with E-state index < -0.39 is 4.92 Å². The molecular weight excluding hydrogens is 372 g/mol. The van der Waals surface area contributed by atoms with Gasteiger partial charge in [-0.3, -0.25) is 15.0 Å². The van der Waals surface area contributed by atoms with Crippen molar-refractivity contribution in [3.8, 4) is 11.5 Å². The third-order valence-electron chi connectivity index (χ3n) is 4.28. The van der Waals surface area contributed by atoms with Crippen molar-refractivity contribution in [2.75, 3.05) is 60.2 Å². The van der Waals surface area contributed by atoms with E-state index in [1.807, 2.05) is 0 Å². The standard InChI is InChI=1S/C17H26N4O5S/c1-24-15-11-13(14(21(22)23)12-16(15)25-2)3-4-18-17(27)19-5-6-20-7-9-26-10-8-20/h11-12H,3-10H2,1-2H3,(H2,18,19,27). The Kier molecular flexibility index (Phi) is 8.49. The molecule has 0 unspecified atom stereocenters. The topological polar surface area (TPSA) is 98.1 Å². The minimum absolute atomic E-state index is 0.000597. The summed E-state index contributed by atoms with van der Waals surface area (Å²) in [6.45, 7) is 5.52. The van der Waals surface area contributed by atoms with Crippen LogP contribution in [-0.2, 0) is 11.2 Å². The van der Waals surface area contributed by atoms with Gasteiger partial charge in [-0.05, 0) is 24.7 Å². The van der Waals surface area contributed by atoms with E-state index in [0.29, 0.717) is 35.1 Å². The Morgan fingerprint density at radius 3 is 2.48 bits per heavy atom. The first-order chi connectivity index (χ1) is 13.0. The molecule has 0 aliphatic carbocycles. The van der Waals surface area contributed by atoms with Crippen LogP contribution in [0.4, 0.5) is 5.69 Å². The number of thiocarbonyl (C=S) groups is 1. The maximum Gasteiger partial charge on any atom is 0.276 e. The molecule has 27 heavy (non-hydrogen) atoms. The van der Waals surface area contributed by atoms with Crippen LogP contribution in [0.5, 0.6) is 11.5 Å². The first-order valence-electron chi connectivity index (χ1n) is 8.76. The van der Waals surface area contributed by atoms with Gasteiger partial charge in [0.25, 0.3) is 5.69 Å². The summed E-state index contributed by atoms with van der Waals surface area (Å²) in [5.41, 5.74) is 0.557. The number of nitro groups is 1. The van der Waals surface area contributed by atoms with E-state index >= 15 is 0 Å². The predicted octanol–water partition coefficient (Wildman–Crippen LogP) is 0.951. The Hall–Kier alpha value is -2.17. The molecule has 1 saturated heterocycles. The minimum Gasteiger partial charge on any atom is -0.493 e. The van der Waals surface area contributed by atoms with Crippen LogP contribution in [-0.4, -0.2) is 75.1 Å². The van der Waals surface area contributed by atoms with Crippen molar-refractivity contribution < 1.29 is 19.1 Å². The molecule has 0 bridgehead atoms. The first-order valence-corrected chi connectivity index (χ1v) is 9.17. The lowest BCUT2D eigenvalue weighted by Crippen LogP contribution is -2.43. The highest BCUT2D eigenvalue weighted by atomic mass is 32.1. The lowest BCUT2D eigenvalue weighted by Gasteiger charge is -2.26. The SMILES string of the molecule is COc1cc(CCNC(=S)NCCN2CCOCC2)c([N+](=O)[O-])cc1OC. The van der Waals surface area contributed by atoms with Crippen LogP contribution in [0.1, 0.15) is 5.56 Å². The highest BCUT2D eigenvalue weighted by Gasteiger charge is 2.19. The molecule has 2 rings (SSSR count). The average molecular weight is 398 g/mol. The highest BCUT2D eigenvalue weighted by Crippen LogP contribution is 2.34. The van der Waals surface area contributed by atoms with Crippen molar-refractivity contribution in [2.24, 2.45) is 0 Å². The van der Waals surface area contributed by atoms with Gasteiger partial charge in [-0.2, -0.15) is 0 Å². The highest BCUT2D eigenvalue weighted by molar-refractivity contribution is 7.80. The van der Waals surface area contributed by atoms with Crippen molar-refractivity contribution in [1.82, 2.24) is 15.5 Å². The van der Waals surface area contributed by atoms with E-state index in [-0.39, 0.29) is 5.69 Å². The Morgan fingerprint density at radius 2 is 1.85 bits per heavy atom. The molecule has 1 heterocycles. The van der Waals surface area contributed by atoms with E-state index in [1.165, 1.54) is 20.3 Å². The summed E-state index contributed by atoms with van der Waals surface area (Å²) in [6, 6.07) is 3.01. The Bertz CT molecular complexity index is 652. The maximum absolute atomic E-state index is 11.3. The molecule has 0 atom stereocenters. The number of hydrogen-bond acceptors (Lipinski definition) is 7. The molecule has 0 spiro atoms. The third-order valence-corrected chi connectivity index (χ3v) is 4.57. The zero-order valence-corrected chi connectivity index (χ0v) is 16.5. The molecule has 0 aromatic heterocycles. The fraction of sp³-hybridized carbons (Fsp3) is 0.588. The lowest BCUT2D eigenvalue weighted by atomic mass is 10.1. The predicted molar refractivity (Wildman–Crippen MR) is 106 cm³/mol. The molecule has 9 nitrogen and oxygen atoms in total. The second-order valence-corrected chi connectivity index (χ2v) is 6.39. The Morgan fingerprint density at radius 1 is 1.22 bits per heavy atom. The second-order valence-electron chi connectivity index (χ2n) is 5.98. The number of ether oxygens (including phenoxy) is 3. The Balaban J connectivity index is 1.81. The first kappa shape index (κ1) is 21.1. The van der Waals surface area contributed by atoms with E-state index in [0.717, 1.165) is 39.4 Å².